The van der Waals surface area contributed by atoms with Gasteiger partial charge in [-0.2, -0.15) is 5.26 Å². The molecule has 4 nitrogen and oxygen atoms in total. The molecule has 16 heavy (non-hydrogen) atoms. The summed E-state index contributed by atoms with van der Waals surface area (Å²) in [7, 11) is 4.68. The minimum atomic E-state index is 0.600. The Bertz CT molecular complexity index is 407. The Morgan fingerprint density at radius 2 is 1.62 bits per heavy atom. The summed E-state index contributed by atoms with van der Waals surface area (Å²) in [5.41, 5.74) is 0.715. The molecular formula is C12H13NO3. The molecule has 84 valence electrons. The highest BCUT2D eigenvalue weighted by Crippen LogP contribution is 2.34. The van der Waals surface area contributed by atoms with E-state index in [-0.39, 0.29) is 0 Å². The van der Waals surface area contributed by atoms with Crippen LogP contribution in [0.3, 0.4) is 0 Å². The van der Waals surface area contributed by atoms with E-state index in [1.807, 2.05) is 6.07 Å². The van der Waals surface area contributed by atoms with E-state index in [1.54, 1.807) is 39.5 Å². The first-order chi connectivity index (χ1) is 7.76. The Labute approximate surface area is 94.7 Å². The number of allylic oxidation sites excluding steroid dienone is 1. The SMILES string of the molecule is COc1cc(OC)c(C=CC#N)c(OC)c1. The summed E-state index contributed by atoms with van der Waals surface area (Å²) >= 11 is 0. The highest BCUT2D eigenvalue weighted by atomic mass is 16.5. The van der Waals surface area contributed by atoms with Crippen molar-refractivity contribution in [2.24, 2.45) is 0 Å². The van der Waals surface area contributed by atoms with E-state index in [0.29, 0.717) is 22.8 Å². The normalized spacial score (nSPS) is 9.88. The molecule has 0 aliphatic carbocycles. The van der Waals surface area contributed by atoms with Gasteiger partial charge in [-0.15, -0.1) is 0 Å². The predicted octanol–water partition coefficient (Wildman–Crippen LogP) is 2.25. The van der Waals surface area contributed by atoms with Crippen molar-refractivity contribution < 1.29 is 14.2 Å². The van der Waals surface area contributed by atoms with Crippen LogP contribution in [0, 0.1) is 11.3 Å². The van der Waals surface area contributed by atoms with Gasteiger partial charge in [0.05, 0.1) is 33.0 Å². The van der Waals surface area contributed by atoms with Crippen LogP contribution in [0.1, 0.15) is 5.56 Å². The smallest absolute Gasteiger partial charge is 0.133 e. The van der Waals surface area contributed by atoms with Crippen molar-refractivity contribution in [3.05, 3.63) is 23.8 Å². The van der Waals surface area contributed by atoms with Crippen LogP contribution in [-0.2, 0) is 0 Å². The van der Waals surface area contributed by atoms with Crippen molar-refractivity contribution in [2.75, 3.05) is 21.3 Å². The van der Waals surface area contributed by atoms with Crippen LogP contribution in [0.15, 0.2) is 18.2 Å². The molecule has 0 saturated carbocycles. The first-order valence-corrected chi connectivity index (χ1v) is 4.63. The lowest BCUT2D eigenvalue weighted by Crippen LogP contribution is -1.94. The fourth-order valence-electron chi connectivity index (χ4n) is 1.32. The predicted molar refractivity (Wildman–Crippen MR) is 60.7 cm³/mol. The third-order valence-electron chi connectivity index (χ3n) is 2.08. The quantitative estimate of drug-likeness (QED) is 0.729. The van der Waals surface area contributed by atoms with Crippen LogP contribution in [0.25, 0.3) is 6.08 Å². The van der Waals surface area contributed by atoms with Gasteiger partial charge in [-0.1, -0.05) is 0 Å². The highest BCUT2D eigenvalue weighted by Gasteiger charge is 2.10. The van der Waals surface area contributed by atoms with Gasteiger partial charge >= 0.3 is 0 Å². The lowest BCUT2D eigenvalue weighted by Gasteiger charge is -2.12. The van der Waals surface area contributed by atoms with Crippen LogP contribution in [0.2, 0.25) is 0 Å². The molecule has 0 spiro atoms. The number of rotatable bonds is 4. The number of benzene rings is 1. The summed E-state index contributed by atoms with van der Waals surface area (Å²) in [6.07, 6.45) is 3.00. The van der Waals surface area contributed by atoms with Crippen LogP contribution in [0.4, 0.5) is 0 Å². The van der Waals surface area contributed by atoms with E-state index in [0.717, 1.165) is 0 Å². The fraction of sp³-hybridized carbons (Fsp3) is 0.250. The molecule has 1 rings (SSSR count). The van der Waals surface area contributed by atoms with Gasteiger partial charge in [0, 0.05) is 18.2 Å². The first-order valence-electron chi connectivity index (χ1n) is 4.63. The average Bonchev–Trinajstić information content (AvgIpc) is 2.35. The number of ether oxygens (including phenoxy) is 3. The number of hydrogen-bond donors (Lipinski definition) is 0. The molecule has 0 atom stereocenters. The molecule has 0 aromatic heterocycles. The Morgan fingerprint density at radius 1 is 1.06 bits per heavy atom. The molecular weight excluding hydrogens is 206 g/mol. The Balaban J connectivity index is 3.32. The van der Waals surface area contributed by atoms with Gasteiger partial charge < -0.3 is 14.2 Å². The highest BCUT2D eigenvalue weighted by molar-refractivity contribution is 5.67. The molecule has 0 bridgehead atoms. The van der Waals surface area contributed by atoms with Gasteiger partial charge in [-0.3, -0.25) is 0 Å². The number of nitrogens with zero attached hydrogens (tertiary/aromatic N) is 1. The second kappa shape index (κ2) is 5.66. The molecule has 0 aliphatic rings. The molecule has 0 heterocycles. The summed E-state index contributed by atoms with van der Waals surface area (Å²) in [6, 6.07) is 5.40. The Hall–Kier alpha value is -2.15. The lowest BCUT2D eigenvalue weighted by molar-refractivity contribution is 0.374. The van der Waals surface area contributed by atoms with Crippen LogP contribution in [0.5, 0.6) is 17.2 Å². The second-order valence-electron chi connectivity index (χ2n) is 2.91. The number of nitriles is 1. The summed E-state index contributed by atoms with van der Waals surface area (Å²) in [4.78, 5) is 0. The third-order valence-corrected chi connectivity index (χ3v) is 2.08. The van der Waals surface area contributed by atoms with Crippen molar-refractivity contribution in [1.29, 1.82) is 5.26 Å². The molecule has 1 aromatic rings. The molecule has 4 heteroatoms. The van der Waals surface area contributed by atoms with Crippen molar-refractivity contribution in [2.45, 2.75) is 0 Å². The van der Waals surface area contributed by atoms with Crippen LogP contribution >= 0.6 is 0 Å². The molecule has 0 N–H and O–H groups in total. The zero-order chi connectivity index (χ0) is 12.0. The van der Waals surface area contributed by atoms with Crippen LogP contribution < -0.4 is 14.2 Å². The van der Waals surface area contributed by atoms with E-state index in [9.17, 15) is 0 Å². The molecule has 0 unspecified atom stereocenters. The molecule has 0 fully saturated rings. The fourth-order valence-corrected chi connectivity index (χ4v) is 1.32. The van der Waals surface area contributed by atoms with E-state index >= 15 is 0 Å². The Kier molecular flexibility index (Phi) is 4.22. The molecule has 1 aromatic carbocycles. The van der Waals surface area contributed by atoms with E-state index < -0.39 is 0 Å². The summed E-state index contributed by atoms with van der Waals surface area (Å²) in [5, 5.41) is 8.51. The maximum absolute atomic E-state index is 8.51. The second-order valence-corrected chi connectivity index (χ2v) is 2.91. The third kappa shape index (κ3) is 2.45. The van der Waals surface area contributed by atoms with Gasteiger partial charge in [-0.05, 0) is 6.08 Å². The maximum Gasteiger partial charge on any atom is 0.133 e. The van der Waals surface area contributed by atoms with Gasteiger partial charge in [0.2, 0.25) is 0 Å². The van der Waals surface area contributed by atoms with Crippen molar-refractivity contribution in [1.82, 2.24) is 0 Å². The Morgan fingerprint density at radius 3 is 2.00 bits per heavy atom. The first kappa shape index (κ1) is 11.9. The zero-order valence-corrected chi connectivity index (χ0v) is 9.48. The summed E-state index contributed by atoms with van der Waals surface area (Å²) in [5.74, 6) is 1.84. The average molecular weight is 219 g/mol. The largest absolute Gasteiger partial charge is 0.496 e. The zero-order valence-electron chi connectivity index (χ0n) is 9.48. The van der Waals surface area contributed by atoms with E-state index in [4.69, 9.17) is 19.5 Å². The summed E-state index contributed by atoms with van der Waals surface area (Å²) < 4.78 is 15.5. The van der Waals surface area contributed by atoms with E-state index in [2.05, 4.69) is 0 Å². The lowest BCUT2D eigenvalue weighted by atomic mass is 10.1. The van der Waals surface area contributed by atoms with Crippen molar-refractivity contribution >= 4 is 6.08 Å². The monoisotopic (exact) mass is 219 g/mol. The van der Waals surface area contributed by atoms with Gasteiger partial charge in [0.25, 0.3) is 0 Å². The molecule has 0 amide bonds. The van der Waals surface area contributed by atoms with Crippen molar-refractivity contribution in [3.63, 3.8) is 0 Å². The molecule has 0 aliphatic heterocycles. The maximum atomic E-state index is 8.51. The van der Waals surface area contributed by atoms with Crippen LogP contribution in [-0.4, -0.2) is 21.3 Å². The standard InChI is InChI=1S/C12H13NO3/c1-14-9-7-11(15-2)10(5-4-6-13)12(8-9)16-3/h4-5,7-8H,1-3H3. The minimum Gasteiger partial charge on any atom is -0.496 e. The summed E-state index contributed by atoms with van der Waals surface area (Å²) in [6.45, 7) is 0. The van der Waals surface area contributed by atoms with E-state index in [1.165, 1.54) is 6.08 Å². The minimum absolute atomic E-state index is 0.600. The van der Waals surface area contributed by atoms with Gasteiger partial charge in [-0.25, -0.2) is 0 Å². The number of hydrogen-bond acceptors (Lipinski definition) is 4. The van der Waals surface area contributed by atoms with Gasteiger partial charge in [0.1, 0.15) is 17.2 Å². The number of methoxy groups -OCH3 is 3. The molecule has 0 saturated heterocycles. The topological polar surface area (TPSA) is 51.5 Å². The molecule has 0 radical (unpaired) electrons. The van der Waals surface area contributed by atoms with Gasteiger partial charge in [0.15, 0.2) is 0 Å². The van der Waals surface area contributed by atoms with Crippen molar-refractivity contribution in [3.8, 4) is 23.3 Å².